The summed E-state index contributed by atoms with van der Waals surface area (Å²) in [6.07, 6.45) is 0.896. The van der Waals surface area contributed by atoms with Crippen LogP contribution in [0.5, 0.6) is 0 Å². The second kappa shape index (κ2) is 11.2. The lowest BCUT2D eigenvalue weighted by molar-refractivity contribution is -0.951. The van der Waals surface area contributed by atoms with E-state index >= 15 is 0 Å². The van der Waals surface area contributed by atoms with Crippen LogP contribution in [0.4, 0.5) is 0 Å². The van der Waals surface area contributed by atoms with Crippen LogP contribution in [0.3, 0.4) is 0 Å². The van der Waals surface area contributed by atoms with Crippen molar-refractivity contribution in [2.24, 2.45) is 0 Å². The third kappa shape index (κ3) is 6.46. The van der Waals surface area contributed by atoms with Gasteiger partial charge in [-0.3, -0.25) is 4.79 Å². The van der Waals surface area contributed by atoms with Gasteiger partial charge in [-0.25, -0.2) is 4.79 Å². The summed E-state index contributed by atoms with van der Waals surface area (Å²) in [5, 5.41) is 0.244. The van der Waals surface area contributed by atoms with Gasteiger partial charge in [0.25, 0.3) is 0 Å². The Morgan fingerprint density at radius 2 is 1.64 bits per heavy atom. The van der Waals surface area contributed by atoms with Crippen molar-refractivity contribution in [1.82, 2.24) is 4.53 Å². The molecule has 28 heavy (non-hydrogen) atoms. The maximum atomic E-state index is 13.1. The third-order valence-electron chi connectivity index (χ3n) is 4.00. The number of aryl methyl sites for hydroxylation is 1. The lowest BCUT2D eigenvalue weighted by Crippen LogP contribution is -3.25. The van der Waals surface area contributed by atoms with Crippen molar-refractivity contribution in [2.45, 2.75) is 39.7 Å². The number of carbonyl (C=O) groups excluding carboxylic acids is 2. The zero-order valence-corrected chi connectivity index (χ0v) is 20.0. The molecular formula is C20H24BrCl3N2O2. The molecule has 1 N–H and O–H groups in total. The van der Waals surface area contributed by atoms with Crippen molar-refractivity contribution >= 4 is 51.9 Å². The highest BCUT2D eigenvalue weighted by Gasteiger charge is 2.41. The van der Waals surface area contributed by atoms with E-state index in [-0.39, 0.29) is 35.7 Å². The van der Waals surface area contributed by atoms with Crippen LogP contribution in [0.2, 0.25) is 0 Å². The normalized spacial score (nSPS) is 11.6. The van der Waals surface area contributed by atoms with Crippen molar-refractivity contribution < 1.29 is 27.0 Å². The van der Waals surface area contributed by atoms with Crippen LogP contribution in [0.1, 0.15) is 54.0 Å². The zero-order chi connectivity index (χ0) is 19.5. The van der Waals surface area contributed by atoms with Crippen molar-refractivity contribution in [3.63, 3.8) is 0 Å². The van der Waals surface area contributed by atoms with E-state index in [1.54, 1.807) is 30.3 Å². The maximum absolute atomic E-state index is 13.1. The lowest BCUT2D eigenvalue weighted by atomic mass is 10.0. The largest absolute Gasteiger partial charge is 1.00 e. The summed E-state index contributed by atoms with van der Waals surface area (Å²) in [6, 6.07) is 14.3. The summed E-state index contributed by atoms with van der Waals surface area (Å²) in [6.45, 7) is 7.65. The van der Waals surface area contributed by atoms with Crippen LogP contribution < -0.4 is 17.4 Å². The maximum Gasteiger partial charge on any atom is 0.370 e. The predicted molar refractivity (Wildman–Crippen MR) is 114 cm³/mol. The van der Waals surface area contributed by atoms with Crippen LogP contribution in [0.15, 0.2) is 53.0 Å². The molecule has 1 unspecified atom stereocenters. The van der Waals surface area contributed by atoms with E-state index in [1.807, 2.05) is 39.0 Å². The Morgan fingerprint density at radius 1 is 1.07 bits per heavy atom. The number of carbonyl (C=O) groups is 2. The first-order valence-corrected chi connectivity index (χ1v) is 9.55. The molecule has 0 aliphatic heterocycles. The monoisotopic (exact) mass is 508 g/mol. The lowest BCUT2D eigenvalue weighted by Gasteiger charge is -2.33. The van der Waals surface area contributed by atoms with Gasteiger partial charge in [0.1, 0.15) is 5.54 Å². The standard InChI is InChI=1S/C20H22BrClN2O2.2ClH/c1-5-14-9-11-15(12-10-14)18(25)23(20(2,3)4)24(22)19(26)16-7-6-8-17(21)13-16;;/h6-13H,5H2,1-4H3;2*1H. The molecule has 2 aromatic rings. The molecule has 0 fully saturated rings. The highest BCUT2D eigenvalue weighted by atomic mass is 79.9. The van der Waals surface area contributed by atoms with Crippen molar-refractivity contribution in [2.75, 3.05) is 0 Å². The molecule has 2 aromatic carbocycles. The van der Waals surface area contributed by atoms with Gasteiger partial charge in [-0.05, 0) is 63.1 Å². The second-order valence-corrected chi connectivity index (χ2v) is 8.33. The number of rotatable bonds is 3. The molecule has 0 bridgehead atoms. The summed E-state index contributed by atoms with van der Waals surface area (Å²) < 4.78 is 1.73. The molecule has 2 rings (SSSR count). The average molecular weight is 511 g/mol. The van der Waals surface area contributed by atoms with Crippen LogP contribution in [-0.4, -0.2) is 21.9 Å². The SMILES string of the molecule is CCc1ccc(C(=O)[NH+](N(Cl)C(=O)c2cccc(Br)c2)C(C)(C)C)cc1.Cl.[Cl-]. The number of hydrogen-bond donors (Lipinski definition) is 1. The average Bonchev–Trinajstić information content (AvgIpc) is 2.60. The topological polar surface area (TPSA) is 41.8 Å². The minimum atomic E-state index is -0.607. The number of hydrogen-bond acceptors (Lipinski definition) is 2. The molecule has 0 heterocycles. The van der Waals surface area contributed by atoms with Gasteiger partial charge < -0.3 is 12.4 Å². The smallest absolute Gasteiger partial charge is 0.370 e. The Hall–Kier alpha value is -1.11. The molecule has 1 atom stereocenters. The molecule has 4 nitrogen and oxygen atoms in total. The summed E-state index contributed by atoms with van der Waals surface area (Å²) in [5.74, 6) is -0.685. The number of quaternary nitrogens is 1. The van der Waals surface area contributed by atoms with Crippen LogP contribution in [0.25, 0.3) is 0 Å². The van der Waals surface area contributed by atoms with E-state index in [0.717, 1.165) is 21.0 Å². The van der Waals surface area contributed by atoms with E-state index in [4.69, 9.17) is 11.8 Å². The van der Waals surface area contributed by atoms with Gasteiger partial charge in [0.2, 0.25) is 0 Å². The first-order chi connectivity index (χ1) is 12.1. The van der Waals surface area contributed by atoms with Crippen molar-refractivity contribution in [3.8, 4) is 0 Å². The summed E-state index contributed by atoms with van der Waals surface area (Å²) in [4.78, 5) is 25.9. The highest BCUT2D eigenvalue weighted by molar-refractivity contribution is 9.10. The van der Waals surface area contributed by atoms with Gasteiger partial charge in [-0.1, -0.05) is 45.6 Å². The van der Waals surface area contributed by atoms with Crippen LogP contribution in [0, 0.1) is 0 Å². The van der Waals surface area contributed by atoms with Gasteiger partial charge in [0.05, 0.1) is 17.3 Å². The van der Waals surface area contributed by atoms with E-state index in [1.165, 1.54) is 0 Å². The van der Waals surface area contributed by atoms with Crippen molar-refractivity contribution in [1.29, 1.82) is 0 Å². The fraction of sp³-hybridized carbons (Fsp3) is 0.300. The van der Waals surface area contributed by atoms with Gasteiger partial charge in [0.15, 0.2) is 0 Å². The Balaban J connectivity index is 0.00000364. The molecule has 0 spiro atoms. The van der Waals surface area contributed by atoms with Crippen molar-refractivity contribution in [3.05, 3.63) is 69.7 Å². The minimum absolute atomic E-state index is 0. The Bertz CT molecular complexity index is 808. The number of benzene rings is 2. The van der Waals surface area contributed by atoms with E-state index < -0.39 is 11.4 Å². The first kappa shape index (κ1) is 26.9. The van der Waals surface area contributed by atoms with Crippen LogP contribution >= 0.6 is 40.1 Å². The molecule has 2 amide bonds. The number of halogens is 4. The van der Waals surface area contributed by atoms with Gasteiger partial charge in [-0.15, -0.1) is 17.4 Å². The van der Waals surface area contributed by atoms with E-state index in [0.29, 0.717) is 11.1 Å². The Kier molecular flexibility index (Phi) is 10.7. The van der Waals surface area contributed by atoms with Gasteiger partial charge >= 0.3 is 11.8 Å². The molecular weight excluding hydrogens is 486 g/mol. The first-order valence-electron chi connectivity index (χ1n) is 8.42. The van der Waals surface area contributed by atoms with Crippen LogP contribution in [-0.2, 0) is 6.42 Å². The fourth-order valence-corrected chi connectivity index (χ4v) is 3.42. The fourth-order valence-electron chi connectivity index (χ4n) is 2.59. The quantitative estimate of drug-likeness (QED) is 0.502. The summed E-state index contributed by atoms with van der Waals surface area (Å²) >= 11 is 9.73. The molecule has 0 aliphatic rings. The molecule has 0 saturated carbocycles. The summed E-state index contributed by atoms with van der Waals surface area (Å²) in [5.41, 5.74) is 1.46. The third-order valence-corrected chi connectivity index (χ3v) is 4.81. The second-order valence-electron chi connectivity index (χ2n) is 7.07. The molecule has 0 aliphatic carbocycles. The number of nitrogens with one attached hydrogen (secondary N) is 1. The number of nitrogens with zero attached hydrogens (tertiary/aromatic N) is 1. The molecule has 154 valence electrons. The molecule has 0 aromatic heterocycles. The summed E-state index contributed by atoms with van der Waals surface area (Å²) in [7, 11) is 0. The van der Waals surface area contributed by atoms with E-state index in [9.17, 15) is 9.59 Å². The number of amides is 2. The van der Waals surface area contributed by atoms with E-state index in [2.05, 4.69) is 22.9 Å². The molecule has 0 saturated heterocycles. The molecule has 0 radical (unpaired) electrons. The Morgan fingerprint density at radius 3 is 2.11 bits per heavy atom. The zero-order valence-electron chi connectivity index (χ0n) is 16.1. The highest BCUT2D eigenvalue weighted by Crippen LogP contribution is 2.14. The minimum Gasteiger partial charge on any atom is -1.00 e. The van der Waals surface area contributed by atoms with Gasteiger partial charge in [0, 0.05) is 10.0 Å². The van der Waals surface area contributed by atoms with Gasteiger partial charge in [-0.2, -0.15) is 0 Å². The predicted octanol–water partition coefficient (Wildman–Crippen LogP) is 1.47. The molecule has 8 heteroatoms. The Labute approximate surface area is 192 Å².